The van der Waals surface area contributed by atoms with E-state index in [4.69, 9.17) is 21.3 Å². The van der Waals surface area contributed by atoms with Crippen molar-refractivity contribution >= 4 is 34.5 Å². The number of ether oxygens (including phenoxy) is 1. The molecule has 0 unspecified atom stereocenters. The standard InChI is InChI=1S/C20H17ClN2O2S.C2H6/c1-25-15-8-9-16(17(21)10-15)19(24)22-14-6-4-12(5-7-14)18-11-26-20(23-18)13-2-3-13;1-2/h4-11,13H,2-3H2,1H3,(H,22,24);1-2H3. The van der Waals surface area contributed by atoms with Crippen molar-refractivity contribution in [1.29, 1.82) is 0 Å². The predicted molar refractivity (Wildman–Crippen MR) is 117 cm³/mol. The van der Waals surface area contributed by atoms with Crippen LogP contribution in [0.5, 0.6) is 5.75 Å². The van der Waals surface area contributed by atoms with Crippen molar-refractivity contribution in [1.82, 2.24) is 4.98 Å². The number of nitrogens with one attached hydrogen (secondary N) is 1. The first kappa shape index (κ1) is 20.4. The van der Waals surface area contributed by atoms with Crippen molar-refractivity contribution in [3.63, 3.8) is 0 Å². The van der Waals surface area contributed by atoms with Gasteiger partial charge in [0.05, 0.1) is 28.4 Å². The molecule has 3 aromatic rings. The van der Waals surface area contributed by atoms with E-state index in [9.17, 15) is 4.79 Å². The van der Waals surface area contributed by atoms with Crippen molar-refractivity contribution in [2.45, 2.75) is 32.6 Å². The molecule has 1 amide bonds. The van der Waals surface area contributed by atoms with Gasteiger partial charge >= 0.3 is 0 Å². The smallest absolute Gasteiger partial charge is 0.257 e. The van der Waals surface area contributed by atoms with E-state index < -0.39 is 0 Å². The summed E-state index contributed by atoms with van der Waals surface area (Å²) in [7, 11) is 1.56. The largest absolute Gasteiger partial charge is 0.497 e. The molecule has 0 bridgehead atoms. The number of thiazole rings is 1. The molecule has 0 spiro atoms. The predicted octanol–water partition coefficient (Wildman–Crippen LogP) is 6.63. The summed E-state index contributed by atoms with van der Waals surface area (Å²) in [5.41, 5.74) is 3.16. The van der Waals surface area contributed by atoms with Gasteiger partial charge in [0.2, 0.25) is 0 Å². The minimum absolute atomic E-state index is 0.255. The molecule has 1 heterocycles. The molecule has 146 valence electrons. The monoisotopic (exact) mass is 414 g/mol. The van der Waals surface area contributed by atoms with Gasteiger partial charge in [-0.3, -0.25) is 4.79 Å². The Bertz CT molecular complexity index is 949. The minimum Gasteiger partial charge on any atom is -0.497 e. The molecule has 4 nitrogen and oxygen atoms in total. The van der Waals surface area contributed by atoms with Gasteiger partial charge in [-0.25, -0.2) is 4.98 Å². The quantitative estimate of drug-likeness (QED) is 0.509. The SMILES string of the molecule is CC.COc1ccc(C(=O)Nc2ccc(-c3csc(C4CC4)n3)cc2)c(Cl)c1. The molecule has 0 aliphatic heterocycles. The van der Waals surface area contributed by atoms with Gasteiger partial charge < -0.3 is 10.1 Å². The van der Waals surface area contributed by atoms with Crippen molar-refractivity contribution in [3.8, 4) is 17.0 Å². The molecule has 1 fully saturated rings. The Morgan fingerprint density at radius 3 is 2.50 bits per heavy atom. The highest BCUT2D eigenvalue weighted by Crippen LogP contribution is 2.42. The highest BCUT2D eigenvalue weighted by Gasteiger charge is 2.26. The molecule has 1 N–H and O–H groups in total. The number of hydrogen-bond acceptors (Lipinski definition) is 4. The van der Waals surface area contributed by atoms with Crippen molar-refractivity contribution in [2.75, 3.05) is 12.4 Å². The molecule has 1 aliphatic rings. The average molecular weight is 415 g/mol. The van der Waals surface area contributed by atoms with Crippen LogP contribution in [0.25, 0.3) is 11.3 Å². The maximum Gasteiger partial charge on any atom is 0.257 e. The molecule has 4 rings (SSSR count). The van der Waals surface area contributed by atoms with Gasteiger partial charge in [-0.05, 0) is 43.2 Å². The van der Waals surface area contributed by atoms with Crippen molar-refractivity contribution in [3.05, 3.63) is 63.4 Å². The lowest BCUT2D eigenvalue weighted by molar-refractivity contribution is 0.102. The van der Waals surface area contributed by atoms with Gasteiger partial charge in [0.15, 0.2) is 0 Å². The number of benzene rings is 2. The van der Waals surface area contributed by atoms with E-state index in [1.54, 1.807) is 36.6 Å². The summed E-state index contributed by atoms with van der Waals surface area (Å²) in [4.78, 5) is 17.1. The fraction of sp³-hybridized carbons (Fsp3) is 0.273. The Morgan fingerprint density at radius 1 is 1.18 bits per heavy atom. The molecule has 1 aliphatic carbocycles. The van der Waals surface area contributed by atoms with Gasteiger partial charge in [-0.15, -0.1) is 11.3 Å². The molecule has 2 aromatic carbocycles. The molecule has 0 radical (unpaired) electrons. The van der Waals surface area contributed by atoms with E-state index in [1.165, 1.54) is 17.8 Å². The molecular weight excluding hydrogens is 392 g/mol. The lowest BCUT2D eigenvalue weighted by atomic mass is 10.1. The van der Waals surface area contributed by atoms with Crippen LogP contribution in [0.1, 0.15) is 48.0 Å². The minimum atomic E-state index is -0.255. The first-order chi connectivity index (χ1) is 13.6. The Morgan fingerprint density at radius 2 is 1.89 bits per heavy atom. The van der Waals surface area contributed by atoms with Gasteiger partial charge in [0.1, 0.15) is 5.75 Å². The van der Waals surface area contributed by atoms with E-state index in [-0.39, 0.29) is 5.91 Å². The number of anilines is 1. The van der Waals surface area contributed by atoms with Crippen LogP contribution in [0.2, 0.25) is 5.02 Å². The number of carbonyl (C=O) groups is 1. The van der Waals surface area contributed by atoms with Crippen molar-refractivity contribution < 1.29 is 9.53 Å². The number of nitrogens with zero attached hydrogens (tertiary/aromatic N) is 1. The van der Waals surface area contributed by atoms with E-state index in [0.717, 1.165) is 11.3 Å². The molecular formula is C22H23ClN2O2S. The van der Waals surface area contributed by atoms with E-state index in [1.807, 2.05) is 38.1 Å². The first-order valence-electron chi connectivity index (χ1n) is 9.35. The number of methoxy groups -OCH3 is 1. The van der Waals surface area contributed by atoms with Crippen LogP contribution in [-0.2, 0) is 0 Å². The number of halogens is 1. The average Bonchev–Trinajstić information content (AvgIpc) is 3.46. The van der Waals surface area contributed by atoms with Crippen LogP contribution in [-0.4, -0.2) is 18.0 Å². The number of hydrogen-bond donors (Lipinski definition) is 1. The molecule has 1 aromatic heterocycles. The van der Waals surface area contributed by atoms with Crippen molar-refractivity contribution in [2.24, 2.45) is 0 Å². The van der Waals surface area contributed by atoms with Crippen LogP contribution >= 0.6 is 22.9 Å². The first-order valence-corrected chi connectivity index (χ1v) is 10.6. The third kappa shape index (κ3) is 4.72. The second-order valence-corrected chi connectivity index (χ2v) is 7.52. The number of rotatable bonds is 5. The highest BCUT2D eigenvalue weighted by molar-refractivity contribution is 7.10. The third-order valence-corrected chi connectivity index (χ3v) is 5.63. The van der Waals surface area contributed by atoms with Gasteiger partial charge in [-0.2, -0.15) is 0 Å². The maximum atomic E-state index is 12.4. The summed E-state index contributed by atoms with van der Waals surface area (Å²) < 4.78 is 5.10. The fourth-order valence-electron chi connectivity index (χ4n) is 2.67. The Labute approximate surface area is 174 Å². The Balaban J connectivity index is 0.00000109. The molecule has 0 atom stereocenters. The van der Waals surface area contributed by atoms with Crippen LogP contribution in [0.3, 0.4) is 0 Å². The van der Waals surface area contributed by atoms with E-state index >= 15 is 0 Å². The molecule has 0 saturated heterocycles. The second-order valence-electron chi connectivity index (χ2n) is 6.22. The van der Waals surface area contributed by atoms with Gasteiger partial charge in [0.25, 0.3) is 5.91 Å². The zero-order valence-corrected chi connectivity index (χ0v) is 17.7. The third-order valence-electron chi connectivity index (χ3n) is 4.31. The van der Waals surface area contributed by atoms with Crippen LogP contribution in [0, 0.1) is 0 Å². The summed E-state index contributed by atoms with van der Waals surface area (Å²) in [5, 5.41) is 6.55. The Hall–Kier alpha value is -2.37. The molecule has 28 heavy (non-hydrogen) atoms. The Kier molecular flexibility index (Phi) is 6.70. The number of carbonyl (C=O) groups excluding carboxylic acids is 1. The van der Waals surface area contributed by atoms with Crippen LogP contribution < -0.4 is 10.1 Å². The lowest BCUT2D eigenvalue weighted by Crippen LogP contribution is -2.12. The van der Waals surface area contributed by atoms with Gasteiger partial charge in [-0.1, -0.05) is 37.6 Å². The molecule has 1 saturated carbocycles. The van der Waals surface area contributed by atoms with E-state index in [0.29, 0.717) is 27.9 Å². The fourth-order valence-corrected chi connectivity index (χ4v) is 3.92. The zero-order valence-electron chi connectivity index (χ0n) is 16.2. The summed E-state index contributed by atoms with van der Waals surface area (Å²) in [5.74, 6) is 1.03. The van der Waals surface area contributed by atoms with Crippen LogP contribution in [0.4, 0.5) is 5.69 Å². The number of amides is 1. The lowest BCUT2D eigenvalue weighted by Gasteiger charge is -2.08. The topological polar surface area (TPSA) is 51.2 Å². The normalized spacial score (nSPS) is 12.7. The molecule has 6 heteroatoms. The maximum absolute atomic E-state index is 12.4. The summed E-state index contributed by atoms with van der Waals surface area (Å²) in [6, 6.07) is 12.7. The zero-order chi connectivity index (χ0) is 20.1. The highest BCUT2D eigenvalue weighted by atomic mass is 35.5. The van der Waals surface area contributed by atoms with Gasteiger partial charge in [0, 0.05) is 22.5 Å². The summed E-state index contributed by atoms with van der Waals surface area (Å²) >= 11 is 7.89. The van der Waals surface area contributed by atoms with E-state index in [2.05, 4.69) is 10.7 Å². The summed E-state index contributed by atoms with van der Waals surface area (Å²) in [6.45, 7) is 4.00. The van der Waals surface area contributed by atoms with Crippen LogP contribution in [0.15, 0.2) is 47.8 Å². The number of aromatic nitrogens is 1. The summed E-state index contributed by atoms with van der Waals surface area (Å²) in [6.07, 6.45) is 2.51. The second kappa shape index (κ2) is 9.22.